The van der Waals surface area contributed by atoms with Crippen LogP contribution in [0, 0.1) is 12.3 Å². The van der Waals surface area contributed by atoms with E-state index in [9.17, 15) is 0 Å². The molecule has 3 rings (SSSR count). The number of rotatable bonds is 4. The fraction of sp³-hybridized carbons (Fsp3) is 0.105. The highest BCUT2D eigenvalue weighted by Crippen LogP contribution is 2.21. The van der Waals surface area contributed by atoms with Gasteiger partial charge in [0.25, 0.3) is 0 Å². The molecule has 0 unspecified atom stereocenters. The normalized spacial score (nSPS) is 10.9. The first kappa shape index (κ1) is 14.0. The van der Waals surface area contributed by atoms with Gasteiger partial charge >= 0.3 is 0 Å². The molecule has 0 saturated carbocycles. The third-order valence-corrected chi connectivity index (χ3v) is 3.48. The van der Waals surface area contributed by atoms with Crippen LogP contribution >= 0.6 is 0 Å². The van der Waals surface area contributed by atoms with E-state index in [4.69, 9.17) is 11.2 Å². The number of hydrogen-bond acceptors (Lipinski definition) is 2. The standard InChI is InChI=1S/C19H16N2O/c1-3-14-21-17-10-6-5-9-16(17)20-19(21)13-12-15-8-4-7-11-18(15)22-2/h1,4-13H,14H2,2H3/b13-12+. The highest BCUT2D eigenvalue weighted by Gasteiger charge is 2.07. The van der Waals surface area contributed by atoms with E-state index < -0.39 is 0 Å². The molecule has 22 heavy (non-hydrogen) atoms. The molecule has 0 bridgehead atoms. The Morgan fingerprint density at radius 3 is 2.73 bits per heavy atom. The zero-order valence-electron chi connectivity index (χ0n) is 12.4. The number of terminal acetylenes is 1. The van der Waals surface area contributed by atoms with Crippen molar-refractivity contribution in [1.82, 2.24) is 9.55 Å². The third-order valence-electron chi connectivity index (χ3n) is 3.48. The molecule has 0 fully saturated rings. The lowest BCUT2D eigenvalue weighted by molar-refractivity contribution is 0.414. The van der Waals surface area contributed by atoms with Crippen molar-refractivity contribution in [2.45, 2.75) is 6.54 Å². The summed E-state index contributed by atoms with van der Waals surface area (Å²) in [6, 6.07) is 15.8. The van der Waals surface area contributed by atoms with Gasteiger partial charge in [0, 0.05) is 5.56 Å². The van der Waals surface area contributed by atoms with E-state index in [0.29, 0.717) is 6.54 Å². The summed E-state index contributed by atoms with van der Waals surface area (Å²) in [6.07, 6.45) is 9.45. The van der Waals surface area contributed by atoms with E-state index in [0.717, 1.165) is 28.2 Å². The minimum absolute atomic E-state index is 0.492. The molecule has 3 heteroatoms. The van der Waals surface area contributed by atoms with E-state index in [1.54, 1.807) is 7.11 Å². The number of fused-ring (bicyclic) bond motifs is 1. The van der Waals surface area contributed by atoms with Crippen molar-refractivity contribution in [3.8, 4) is 18.1 Å². The Morgan fingerprint density at radius 2 is 1.91 bits per heavy atom. The first-order valence-corrected chi connectivity index (χ1v) is 7.03. The summed E-state index contributed by atoms with van der Waals surface area (Å²) in [5.74, 6) is 4.36. The van der Waals surface area contributed by atoms with Crippen LogP contribution in [0.15, 0.2) is 48.5 Å². The van der Waals surface area contributed by atoms with Gasteiger partial charge in [-0.05, 0) is 30.4 Å². The summed E-state index contributed by atoms with van der Waals surface area (Å²) in [7, 11) is 1.67. The predicted octanol–water partition coefficient (Wildman–Crippen LogP) is 3.85. The van der Waals surface area contributed by atoms with Gasteiger partial charge in [-0.3, -0.25) is 0 Å². The van der Waals surface area contributed by atoms with E-state index in [-0.39, 0.29) is 0 Å². The molecule has 0 aliphatic rings. The molecule has 3 aromatic rings. The first-order valence-electron chi connectivity index (χ1n) is 7.03. The maximum atomic E-state index is 5.49. The Labute approximate surface area is 129 Å². The number of nitrogens with zero attached hydrogens (tertiary/aromatic N) is 2. The molecule has 0 saturated heterocycles. The fourth-order valence-corrected chi connectivity index (χ4v) is 2.45. The van der Waals surface area contributed by atoms with E-state index in [1.807, 2.05) is 65.3 Å². The molecule has 2 aromatic carbocycles. The zero-order valence-corrected chi connectivity index (χ0v) is 12.4. The summed E-state index contributed by atoms with van der Waals surface area (Å²) in [6.45, 7) is 0.492. The topological polar surface area (TPSA) is 27.1 Å². The van der Waals surface area contributed by atoms with E-state index in [2.05, 4.69) is 10.9 Å². The second-order valence-corrected chi connectivity index (χ2v) is 4.82. The molecule has 0 aliphatic carbocycles. The van der Waals surface area contributed by atoms with Crippen molar-refractivity contribution in [2.24, 2.45) is 0 Å². The van der Waals surface area contributed by atoms with Crippen LogP contribution in [0.1, 0.15) is 11.4 Å². The maximum Gasteiger partial charge on any atom is 0.134 e. The summed E-state index contributed by atoms with van der Waals surface area (Å²) < 4.78 is 7.39. The van der Waals surface area contributed by atoms with Gasteiger partial charge in [-0.1, -0.05) is 36.3 Å². The second kappa shape index (κ2) is 6.19. The van der Waals surface area contributed by atoms with Crippen molar-refractivity contribution in [3.05, 3.63) is 59.9 Å². The van der Waals surface area contributed by atoms with Crippen molar-refractivity contribution < 1.29 is 4.74 Å². The largest absolute Gasteiger partial charge is 0.496 e. The highest BCUT2D eigenvalue weighted by molar-refractivity contribution is 5.80. The molecule has 0 amide bonds. The van der Waals surface area contributed by atoms with Gasteiger partial charge in [0.2, 0.25) is 0 Å². The number of hydrogen-bond donors (Lipinski definition) is 0. The van der Waals surface area contributed by atoms with E-state index >= 15 is 0 Å². The fourth-order valence-electron chi connectivity index (χ4n) is 2.45. The van der Waals surface area contributed by atoms with Crippen LogP contribution in [0.25, 0.3) is 23.2 Å². The molecule has 0 N–H and O–H groups in total. The number of benzene rings is 2. The third kappa shape index (κ3) is 2.59. The lowest BCUT2D eigenvalue weighted by atomic mass is 10.2. The molecule has 108 valence electrons. The average molecular weight is 288 g/mol. The molecule has 0 spiro atoms. The second-order valence-electron chi connectivity index (χ2n) is 4.82. The summed E-state index contributed by atoms with van der Waals surface area (Å²) in [5, 5.41) is 0. The van der Waals surface area contributed by atoms with Crippen LogP contribution in [0.4, 0.5) is 0 Å². The molecule has 1 aromatic heterocycles. The minimum atomic E-state index is 0.492. The number of methoxy groups -OCH3 is 1. The molecular weight excluding hydrogens is 272 g/mol. The monoisotopic (exact) mass is 288 g/mol. The first-order chi connectivity index (χ1) is 10.8. The van der Waals surface area contributed by atoms with Crippen LogP contribution in [-0.2, 0) is 6.54 Å². The SMILES string of the molecule is C#CCn1c(/C=C/c2ccccc2OC)nc2ccccc21. The Bertz CT molecular complexity index is 869. The van der Waals surface area contributed by atoms with Gasteiger partial charge in [0.1, 0.15) is 11.6 Å². The number of aromatic nitrogens is 2. The maximum absolute atomic E-state index is 5.49. The summed E-state index contributed by atoms with van der Waals surface area (Å²) in [5.41, 5.74) is 2.99. The lowest BCUT2D eigenvalue weighted by Gasteiger charge is -2.04. The van der Waals surface area contributed by atoms with Gasteiger partial charge in [-0.15, -0.1) is 6.42 Å². The van der Waals surface area contributed by atoms with Gasteiger partial charge in [-0.25, -0.2) is 4.98 Å². The predicted molar refractivity (Wildman–Crippen MR) is 90.5 cm³/mol. The Kier molecular flexibility index (Phi) is 3.93. The van der Waals surface area contributed by atoms with Gasteiger partial charge in [0.05, 0.1) is 24.7 Å². The molecule has 0 atom stereocenters. The number of para-hydroxylation sites is 3. The van der Waals surface area contributed by atoms with Crippen molar-refractivity contribution in [2.75, 3.05) is 7.11 Å². The quantitative estimate of drug-likeness (QED) is 0.682. The Morgan fingerprint density at radius 1 is 1.14 bits per heavy atom. The van der Waals surface area contributed by atoms with Crippen molar-refractivity contribution in [1.29, 1.82) is 0 Å². The smallest absolute Gasteiger partial charge is 0.134 e. The van der Waals surface area contributed by atoms with Gasteiger partial charge in [-0.2, -0.15) is 0 Å². The molecular formula is C19H16N2O. The average Bonchev–Trinajstić information content (AvgIpc) is 2.91. The molecule has 0 aliphatic heterocycles. The van der Waals surface area contributed by atoms with Crippen LogP contribution in [0.2, 0.25) is 0 Å². The number of imidazole rings is 1. The van der Waals surface area contributed by atoms with Crippen molar-refractivity contribution >= 4 is 23.2 Å². The Hall–Kier alpha value is -2.99. The van der Waals surface area contributed by atoms with Crippen molar-refractivity contribution in [3.63, 3.8) is 0 Å². The van der Waals surface area contributed by atoms with Crippen LogP contribution in [-0.4, -0.2) is 16.7 Å². The van der Waals surface area contributed by atoms with Gasteiger partial charge < -0.3 is 9.30 Å². The zero-order chi connectivity index (χ0) is 15.4. The van der Waals surface area contributed by atoms with Crippen LogP contribution in [0.5, 0.6) is 5.75 Å². The van der Waals surface area contributed by atoms with E-state index in [1.165, 1.54) is 0 Å². The van der Waals surface area contributed by atoms with Crippen LogP contribution < -0.4 is 4.74 Å². The summed E-state index contributed by atoms with van der Waals surface area (Å²) in [4.78, 5) is 4.64. The number of ether oxygens (including phenoxy) is 1. The minimum Gasteiger partial charge on any atom is -0.496 e. The lowest BCUT2D eigenvalue weighted by Crippen LogP contribution is -1.98. The molecule has 1 heterocycles. The molecule has 3 nitrogen and oxygen atoms in total. The van der Waals surface area contributed by atoms with Gasteiger partial charge in [0.15, 0.2) is 0 Å². The van der Waals surface area contributed by atoms with Crippen LogP contribution in [0.3, 0.4) is 0 Å². The highest BCUT2D eigenvalue weighted by atomic mass is 16.5. The molecule has 0 radical (unpaired) electrons. The Balaban J connectivity index is 2.05. The summed E-state index contributed by atoms with van der Waals surface area (Å²) >= 11 is 0.